The average molecular weight is 266 g/mol. The van der Waals surface area contributed by atoms with E-state index in [0.29, 0.717) is 15.4 Å². The maximum absolute atomic E-state index is 13.8. The van der Waals surface area contributed by atoms with Crippen LogP contribution in [0.15, 0.2) is 52.3 Å². The fraction of sp³-hybridized carbons (Fsp3) is 0.143. The van der Waals surface area contributed by atoms with Crippen molar-refractivity contribution in [1.82, 2.24) is 0 Å². The van der Waals surface area contributed by atoms with Crippen molar-refractivity contribution >= 4 is 11.8 Å². The standard InChI is InChI=1S/C14H12F2OS/c1-9(17)10-5-6-14(13(16)7-10)18-12-4-2-3-11(15)8-12/h2-9,17H,1H3/t9-/m0/s1. The van der Waals surface area contributed by atoms with E-state index in [0.717, 1.165) is 11.8 Å². The predicted octanol–water partition coefficient (Wildman–Crippen LogP) is 4.17. The van der Waals surface area contributed by atoms with Crippen LogP contribution >= 0.6 is 11.8 Å². The quantitative estimate of drug-likeness (QED) is 0.899. The van der Waals surface area contributed by atoms with Gasteiger partial charge in [0, 0.05) is 9.79 Å². The normalized spacial score (nSPS) is 12.4. The first-order valence-corrected chi connectivity index (χ1v) is 6.29. The summed E-state index contributed by atoms with van der Waals surface area (Å²) in [6, 6.07) is 10.5. The molecule has 0 aromatic heterocycles. The highest BCUT2D eigenvalue weighted by Crippen LogP contribution is 2.31. The molecule has 0 saturated carbocycles. The van der Waals surface area contributed by atoms with Crippen molar-refractivity contribution in [1.29, 1.82) is 0 Å². The lowest BCUT2D eigenvalue weighted by atomic mass is 10.1. The highest BCUT2D eigenvalue weighted by molar-refractivity contribution is 7.99. The smallest absolute Gasteiger partial charge is 0.137 e. The van der Waals surface area contributed by atoms with E-state index in [1.165, 1.54) is 18.2 Å². The molecule has 2 aromatic rings. The largest absolute Gasteiger partial charge is 0.389 e. The molecule has 4 heteroatoms. The monoisotopic (exact) mass is 266 g/mol. The zero-order valence-electron chi connectivity index (χ0n) is 9.73. The molecular formula is C14H12F2OS. The molecule has 2 rings (SSSR count). The van der Waals surface area contributed by atoms with Crippen LogP contribution in [0, 0.1) is 11.6 Å². The molecule has 0 heterocycles. The molecule has 0 aliphatic rings. The molecule has 0 amide bonds. The highest BCUT2D eigenvalue weighted by Gasteiger charge is 2.08. The molecule has 0 aliphatic carbocycles. The molecule has 0 spiro atoms. The van der Waals surface area contributed by atoms with E-state index in [9.17, 15) is 13.9 Å². The maximum atomic E-state index is 13.8. The van der Waals surface area contributed by atoms with Gasteiger partial charge in [-0.3, -0.25) is 0 Å². The van der Waals surface area contributed by atoms with Crippen molar-refractivity contribution in [2.75, 3.05) is 0 Å². The minimum absolute atomic E-state index is 0.346. The van der Waals surface area contributed by atoms with E-state index < -0.39 is 11.9 Å². The zero-order valence-corrected chi connectivity index (χ0v) is 10.5. The first kappa shape index (κ1) is 13.1. The molecule has 18 heavy (non-hydrogen) atoms. The van der Waals surface area contributed by atoms with Gasteiger partial charge in [0.15, 0.2) is 0 Å². The van der Waals surface area contributed by atoms with E-state index >= 15 is 0 Å². The van der Waals surface area contributed by atoms with Gasteiger partial charge in [-0.25, -0.2) is 8.78 Å². The van der Waals surface area contributed by atoms with Gasteiger partial charge in [0.2, 0.25) is 0 Å². The summed E-state index contributed by atoms with van der Waals surface area (Å²) in [7, 11) is 0. The molecule has 94 valence electrons. The Hall–Kier alpha value is -1.39. The predicted molar refractivity (Wildman–Crippen MR) is 67.6 cm³/mol. The second-order valence-corrected chi connectivity index (χ2v) is 5.04. The number of aliphatic hydroxyl groups is 1. The molecule has 0 bridgehead atoms. The van der Waals surface area contributed by atoms with Gasteiger partial charge in [-0.15, -0.1) is 0 Å². The Morgan fingerprint density at radius 2 is 1.89 bits per heavy atom. The minimum Gasteiger partial charge on any atom is -0.389 e. The van der Waals surface area contributed by atoms with Crippen LogP contribution in [0.25, 0.3) is 0 Å². The van der Waals surface area contributed by atoms with Gasteiger partial charge in [0.25, 0.3) is 0 Å². The van der Waals surface area contributed by atoms with Gasteiger partial charge in [-0.05, 0) is 42.8 Å². The van der Waals surface area contributed by atoms with E-state index in [1.807, 2.05) is 0 Å². The summed E-state index contributed by atoms with van der Waals surface area (Å²) in [6.07, 6.45) is -0.701. The molecule has 0 aliphatic heterocycles. The first-order valence-electron chi connectivity index (χ1n) is 5.47. The van der Waals surface area contributed by atoms with E-state index in [1.54, 1.807) is 31.2 Å². The first-order chi connectivity index (χ1) is 8.56. The van der Waals surface area contributed by atoms with Crippen LogP contribution in [-0.4, -0.2) is 5.11 Å². The van der Waals surface area contributed by atoms with Crippen molar-refractivity contribution in [2.45, 2.75) is 22.8 Å². The van der Waals surface area contributed by atoms with Gasteiger partial charge < -0.3 is 5.11 Å². The topological polar surface area (TPSA) is 20.2 Å². The van der Waals surface area contributed by atoms with Gasteiger partial charge in [0.05, 0.1) is 6.10 Å². The zero-order chi connectivity index (χ0) is 13.1. The summed E-state index contributed by atoms with van der Waals surface area (Å²) in [5, 5.41) is 9.34. The molecule has 1 N–H and O–H groups in total. The van der Waals surface area contributed by atoms with Crippen LogP contribution in [0.5, 0.6) is 0 Å². The lowest BCUT2D eigenvalue weighted by molar-refractivity contribution is 0.198. The third-order valence-corrected chi connectivity index (χ3v) is 3.50. The third kappa shape index (κ3) is 3.09. The highest BCUT2D eigenvalue weighted by atomic mass is 32.2. The lowest BCUT2D eigenvalue weighted by Gasteiger charge is -2.08. The van der Waals surface area contributed by atoms with E-state index in [2.05, 4.69) is 0 Å². The van der Waals surface area contributed by atoms with E-state index in [4.69, 9.17) is 0 Å². The van der Waals surface area contributed by atoms with Crippen molar-refractivity contribution in [3.05, 3.63) is 59.7 Å². The number of hydrogen-bond donors (Lipinski definition) is 1. The molecule has 0 fully saturated rings. The molecular weight excluding hydrogens is 254 g/mol. The van der Waals surface area contributed by atoms with E-state index in [-0.39, 0.29) is 5.82 Å². The number of aliphatic hydroxyl groups excluding tert-OH is 1. The summed E-state index contributed by atoms with van der Waals surface area (Å²) in [5.41, 5.74) is 0.524. The van der Waals surface area contributed by atoms with Crippen molar-refractivity contribution < 1.29 is 13.9 Å². The summed E-state index contributed by atoms with van der Waals surface area (Å²) in [5.74, 6) is -0.760. The average Bonchev–Trinajstić information content (AvgIpc) is 2.31. The minimum atomic E-state index is -0.701. The molecule has 1 atom stereocenters. The Kier molecular flexibility index (Phi) is 3.99. The van der Waals surface area contributed by atoms with Crippen LogP contribution in [-0.2, 0) is 0 Å². The number of benzene rings is 2. The Balaban J connectivity index is 2.24. The van der Waals surface area contributed by atoms with Crippen LogP contribution in [0.4, 0.5) is 8.78 Å². The molecule has 0 radical (unpaired) electrons. The number of hydrogen-bond acceptors (Lipinski definition) is 2. The Labute approximate surface area is 108 Å². The number of rotatable bonds is 3. The second-order valence-electron chi connectivity index (χ2n) is 3.93. The Morgan fingerprint density at radius 3 is 2.50 bits per heavy atom. The van der Waals surface area contributed by atoms with Gasteiger partial charge in [-0.1, -0.05) is 23.9 Å². The fourth-order valence-corrected chi connectivity index (χ4v) is 2.38. The fourth-order valence-electron chi connectivity index (χ4n) is 1.52. The van der Waals surface area contributed by atoms with Gasteiger partial charge in [0.1, 0.15) is 11.6 Å². The summed E-state index contributed by atoms with van der Waals surface area (Å²) in [6.45, 7) is 1.58. The van der Waals surface area contributed by atoms with Crippen LogP contribution in [0.1, 0.15) is 18.6 Å². The third-order valence-electron chi connectivity index (χ3n) is 2.46. The van der Waals surface area contributed by atoms with Crippen LogP contribution in [0.3, 0.4) is 0 Å². The molecule has 1 nitrogen and oxygen atoms in total. The van der Waals surface area contributed by atoms with Gasteiger partial charge in [-0.2, -0.15) is 0 Å². The Morgan fingerprint density at radius 1 is 1.11 bits per heavy atom. The van der Waals surface area contributed by atoms with Crippen LogP contribution < -0.4 is 0 Å². The summed E-state index contributed by atoms with van der Waals surface area (Å²) < 4.78 is 26.8. The lowest BCUT2D eigenvalue weighted by Crippen LogP contribution is -1.92. The van der Waals surface area contributed by atoms with Crippen molar-refractivity contribution in [2.24, 2.45) is 0 Å². The molecule has 2 aromatic carbocycles. The van der Waals surface area contributed by atoms with Crippen molar-refractivity contribution in [3.63, 3.8) is 0 Å². The maximum Gasteiger partial charge on any atom is 0.137 e. The second kappa shape index (κ2) is 5.50. The number of halogens is 2. The summed E-state index contributed by atoms with van der Waals surface area (Å²) in [4.78, 5) is 1.05. The molecule has 0 saturated heterocycles. The summed E-state index contributed by atoms with van der Waals surface area (Å²) >= 11 is 1.15. The molecule has 0 unspecified atom stereocenters. The van der Waals surface area contributed by atoms with Gasteiger partial charge >= 0.3 is 0 Å². The van der Waals surface area contributed by atoms with Crippen LogP contribution in [0.2, 0.25) is 0 Å². The Bertz CT molecular complexity index is 555. The van der Waals surface area contributed by atoms with Crippen molar-refractivity contribution in [3.8, 4) is 0 Å². The SMILES string of the molecule is C[C@H](O)c1ccc(Sc2cccc(F)c2)c(F)c1.